The molecular formula is C21H23N3O7. The Bertz CT molecular complexity index is 1010. The number of nitro benzene ring substituents is 2. The molecule has 2 aromatic carbocycles. The van der Waals surface area contributed by atoms with E-state index in [0.717, 1.165) is 43.4 Å². The molecule has 1 aliphatic rings. The van der Waals surface area contributed by atoms with E-state index in [9.17, 15) is 25.0 Å². The van der Waals surface area contributed by atoms with Crippen LogP contribution in [0, 0.1) is 20.2 Å². The van der Waals surface area contributed by atoms with Gasteiger partial charge in [-0.1, -0.05) is 18.9 Å². The molecule has 164 valence electrons. The average molecular weight is 429 g/mol. The highest BCUT2D eigenvalue weighted by Gasteiger charge is 2.30. The molecule has 0 bridgehead atoms. The van der Waals surface area contributed by atoms with Gasteiger partial charge >= 0.3 is 11.4 Å². The molecule has 2 atom stereocenters. The van der Waals surface area contributed by atoms with Gasteiger partial charge in [-0.3, -0.25) is 25.0 Å². The van der Waals surface area contributed by atoms with E-state index in [1.165, 1.54) is 6.07 Å². The largest absolute Gasteiger partial charge is 0.493 e. The number of hydrogen-bond acceptors (Lipinski definition) is 7. The lowest BCUT2D eigenvalue weighted by Gasteiger charge is -2.33. The van der Waals surface area contributed by atoms with Crippen molar-refractivity contribution in [3.05, 3.63) is 67.8 Å². The molecule has 1 aliphatic carbocycles. The Morgan fingerprint density at radius 1 is 0.935 bits per heavy atom. The van der Waals surface area contributed by atoms with Gasteiger partial charge in [0.05, 0.1) is 24.1 Å². The second-order valence-electron chi connectivity index (χ2n) is 7.30. The van der Waals surface area contributed by atoms with Crippen molar-refractivity contribution in [3.8, 4) is 11.5 Å². The van der Waals surface area contributed by atoms with E-state index in [4.69, 9.17) is 9.47 Å². The van der Waals surface area contributed by atoms with Crippen molar-refractivity contribution in [1.29, 1.82) is 0 Å². The predicted molar refractivity (Wildman–Crippen MR) is 112 cm³/mol. The Morgan fingerprint density at radius 3 is 2.26 bits per heavy atom. The summed E-state index contributed by atoms with van der Waals surface area (Å²) in [5, 5.41) is 25.2. The number of nitrogens with zero attached hydrogens (tertiary/aromatic N) is 2. The normalized spacial score (nSPS) is 18.1. The summed E-state index contributed by atoms with van der Waals surface area (Å²) in [4.78, 5) is 33.3. The Balaban J connectivity index is 1.85. The lowest BCUT2D eigenvalue weighted by atomic mass is 9.79. The number of amides is 1. The van der Waals surface area contributed by atoms with Gasteiger partial charge in [-0.15, -0.1) is 0 Å². The lowest BCUT2D eigenvalue weighted by molar-refractivity contribution is -0.422. The van der Waals surface area contributed by atoms with Crippen molar-refractivity contribution in [2.24, 2.45) is 0 Å². The number of carbonyl (C=O) groups excluding carboxylic acids is 1. The molecule has 10 heteroatoms. The molecule has 10 nitrogen and oxygen atoms in total. The van der Waals surface area contributed by atoms with Crippen molar-refractivity contribution in [1.82, 2.24) is 5.32 Å². The number of nitro groups is 2. The molecule has 0 unspecified atom stereocenters. The number of nitrogens with one attached hydrogen (secondary N) is 1. The van der Waals surface area contributed by atoms with Crippen molar-refractivity contribution in [2.75, 3.05) is 14.2 Å². The van der Waals surface area contributed by atoms with Crippen molar-refractivity contribution < 1.29 is 24.1 Å². The molecule has 0 aliphatic heterocycles. The van der Waals surface area contributed by atoms with Gasteiger partial charge in [-0.05, 0) is 36.6 Å². The fourth-order valence-electron chi connectivity index (χ4n) is 4.00. The maximum absolute atomic E-state index is 12.8. The van der Waals surface area contributed by atoms with Gasteiger partial charge in [0, 0.05) is 29.7 Å². The molecular weight excluding hydrogens is 406 g/mol. The predicted octanol–water partition coefficient (Wildman–Crippen LogP) is 3.98. The summed E-state index contributed by atoms with van der Waals surface area (Å²) in [6.07, 6.45) is 3.56. The Labute approximate surface area is 178 Å². The molecule has 31 heavy (non-hydrogen) atoms. The summed E-state index contributed by atoms with van der Waals surface area (Å²) >= 11 is 0. The van der Waals surface area contributed by atoms with E-state index in [-0.39, 0.29) is 17.5 Å². The quantitative estimate of drug-likeness (QED) is 0.520. The first-order valence-corrected chi connectivity index (χ1v) is 9.81. The van der Waals surface area contributed by atoms with E-state index in [2.05, 4.69) is 5.32 Å². The van der Waals surface area contributed by atoms with Gasteiger partial charge < -0.3 is 14.8 Å². The maximum atomic E-state index is 12.8. The van der Waals surface area contributed by atoms with Crippen LogP contribution in [0.15, 0.2) is 36.4 Å². The van der Waals surface area contributed by atoms with Gasteiger partial charge in [0.15, 0.2) is 11.5 Å². The third-order valence-electron chi connectivity index (χ3n) is 5.55. The van der Waals surface area contributed by atoms with E-state index in [1.54, 1.807) is 14.2 Å². The third-order valence-corrected chi connectivity index (χ3v) is 5.55. The van der Waals surface area contributed by atoms with Crippen LogP contribution in [-0.4, -0.2) is 36.0 Å². The summed E-state index contributed by atoms with van der Waals surface area (Å²) in [5.41, 5.74) is -0.355. The second kappa shape index (κ2) is 9.41. The highest BCUT2D eigenvalue weighted by atomic mass is 16.6. The molecule has 2 aromatic rings. The molecule has 1 amide bonds. The van der Waals surface area contributed by atoms with Crippen LogP contribution in [0.2, 0.25) is 0 Å². The van der Waals surface area contributed by atoms with Crippen LogP contribution in [0.5, 0.6) is 11.5 Å². The number of rotatable bonds is 7. The lowest BCUT2D eigenvalue weighted by Crippen LogP contribution is -2.41. The Hall–Kier alpha value is -3.69. The summed E-state index contributed by atoms with van der Waals surface area (Å²) in [6.45, 7) is 0. The van der Waals surface area contributed by atoms with Crippen LogP contribution in [0.4, 0.5) is 11.4 Å². The van der Waals surface area contributed by atoms with E-state index in [0.29, 0.717) is 11.5 Å². The zero-order chi connectivity index (χ0) is 22.5. The van der Waals surface area contributed by atoms with Crippen molar-refractivity contribution >= 4 is 17.3 Å². The minimum Gasteiger partial charge on any atom is -0.493 e. The fourth-order valence-corrected chi connectivity index (χ4v) is 4.00. The number of benzene rings is 2. The molecule has 1 saturated carbocycles. The monoisotopic (exact) mass is 429 g/mol. The van der Waals surface area contributed by atoms with Gasteiger partial charge in [-0.2, -0.15) is 0 Å². The molecule has 3 rings (SSSR count). The number of methoxy groups -OCH3 is 2. The molecule has 0 radical (unpaired) electrons. The van der Waals surface area contributed by atoms with Crippen LogP contribution in [-0.2, 0) is 0 Å². The molecule has 0 saturated heterocycles. The van der Waals surface area contributed by atoms with E-state index >= 15 is 0 Å². The Morgan fingerprint density at radius 2 is 1.61 bits per heavy atom. The topological polar surface area (TPSA) is 134 Å². The molecule has 0 spiro atoms. The molecule has 1 fully saturated rings. The number of carbonyl (C=O) groups is 1. The maximum Gasteiger partial charge on any atom is 0.346 e. The van der Waals surface area contributed by atoms with Crippen molar-refractivity contribution in [2.45, 2.75) is 37.6 Å². The van der Waals surface area contributed by atoms with Crippen LogP contribution in [0.3, 0.4) is 0 Å². The summed E-state index contributed by atoms with van der Waals surface area (Å²) in [6, 6.07) is 8.63. The highest BCUT2D eigenvalue weighted by Crippen LogP contribution is 2.38. The second-order valence-corrected chi connectivity index (χ2v) is 7.30. The highest BCUT2D eigenvalue weighted by molar-refractivity contribution is 5.95. The molecule has 0 aromatic heterocycles. The smallest absolute Gasteiger partial charge is 0.346 e. The van der Waals surface area contributed by atoms with Gasteiger partial charge in [-0.25, -0.2) is 0 Å². The van der Waals surface area contributed by atoms with E-state index in [1.807, 2.05) is 18.2 Å². The summed E-state index contributed by atoms with van der Waals surface area (Å²) < 4.78 is 10.7. The zero-order valence-corrected chi connectivity index (χ0v) is 17.2. The first kappa shape index (κ1) is 22.0. The average Bonchev–Trinajstić information content (AvgIpc) is 2.78. The first-order valence-electron chi connectivity index (χ1n) is 9.81. The summed E-state index contributed by atoms with van der Waals surface area (Å²) in [7, 11) is 3.12. The first-order chi connectivity index (χ1) is 14.8. The molecule has 1 N–H and O–H groups in total. The van der Waals surface area contributed by atoms with Crippen molar-refractivity contribution in [3.63, 3.8) is 0 Å². The van der Waals surface area contributed by atoms with Crippen LogP contribution < -0.4 is 14.8 Å². The van der Waals surface area contributed by atoms with Crippen LogP contribution in [0.25, 0.3) is 0 Å². The Kier molecular flexibility index (Phi) is 6.68. The number of hydrogen-bond donors (Lipinski definition) is 1. The standard InChI is InChI=1S/C21H23N3O7/c1-30-19-10-8-13(12-20(19)31-2)15-5-3-4-6-16(15)22-21(25)14-7-9-17(23(26)27)18(11-14)24(28)29/h7-12,15-16H,3-6H2,1-2H3,(H,22,25)/t15-,16-/m1/s1. The SMILES string of the molecule is COc1ccc([C@H]2CCCC[C@H]2NC(=O)c2ccc([N+](=O)[O-])c([N+](=O)[O-])c2)cc1OC. The minimum atomic E-state index is -0.859. The van der Waals surface area contributed by atoms with Gasteiger partial charge in [0.25, 0.3) is 5.91 Å². The number of ether oxygens (including phenoxy) is 2. The van der Waals surface area contributed by atoms with E-state index < -0.39 is 27.1 Å². The molecule has 0 heterocycles. The fraction of sp³-hybridized carbons (Fsp3) is 0.381. The third kappa shape index (κ3) is 4.73. The zero-order valence-electron chi connectivity index (χ0n) is 17.2. The minimum absolute atomic E-state index is 0.00827. The van der Waals surface area contributed by atoms with Gasteiger partial charge in [0.1, 0.15) is 0 Å². The summed E-state index contributed by atoms with van der Waals surface area (Å²) in [5.74, 6) is 0.739. The van der Waals surface area contributed by atoms with Gasteiger partial charge in [0.2, 0.25) is 0 Å². The van der Waals surface area contributed by atoms with Crippen LogP contribution in [0.1, 0.15) is 47.5 Å². The van der Waals surface area contributed by atoms with Crippen LogP contribution >= 0.6 is 0 Å².